The predicted molar refractivity (Wildman–Crippen MR) is 113 cm³/mol. The zero-order chi connectivity index (χ0) is 24.4. The highest BCUT2D eigenvalue weighted by molar-refractivity contribution is 7.89. The number of carbonyl (C=O) groups is 1. The first-order chi connectivity index (χ1) is 15.5. The van der Waals surface area contributed by atoms with Crippen LogP contribution in [0.4, 0.5) is 13.2 Å². The number of rotatable bonds is 7. The van der Waals surface area contributed by atoms with E-state index in [0.717, 1.165) is 0 Å². The molecule has 0 atom stereocenters. The summed E-state index contributed by atoms with van der Waals surface area (Å²) in [7, 11) is -2.58. The SMILES string of the molecule is CCOC(=O)Cn1nc(-c2ccc(S(N)(=O)=O)cc2)c(-c2ccc(OC)cc2)c1C(F)(F)F. The van der Waals surface area contributed by atoms with Crippen LogP contribution in [0.2, 0.25) is 0 Å². The fourth-order valence-electron chi connectivity index (χ4n) is 3.23. The Hall–Kier alpha value is -3.38. The van der Waals surface area contributed by atoms with E-state index in [4.69, 9.17) is 14.6 Å². The van der Waals surface area contributed by atoms with Crippen LogP contribution in [0.3, 0.4) is 0 Å². The van der Waals surface area contributed by atoms with Crippen molar-refractivity contribution >= 4 is 16.0 Å². The molecule has 3 aromatic rings. The maximum atomic E-state index is 14.2. The van der Waals surface area contributed by atoms with Crippen LogP contribution in [0.25, 0.3) is 22.4 Å². The summed E-state index contributed by atoms with van der Waals surface area (Å²) in [6, 6.07) is 10.8. The average molecular weight is 483 g/mol. The van der Waals surface area contributed by atoms with E-state index in [1.54, 1.807) is 0 Å². The molecule has 0 radical (unpaired) electrons. The Morgan fingerprint density at radius 2 is 1.64 bits per heavy atom. The molecule has 2 N–H and O–H groups in total. The summed E-state index contributed by atoms with van der Waals surface area (Å²) in [4.78, 5) is 11.8. The maximum absolute atomic E-state index is 14.2. The monoisotopic (exact) mass is 483 g/mol. The van der Waals surface area contributed by atoms with Gasteiger partial charge in [0, 0.05) is 11.1 Å². The zero-order valence-corrected chi connectivity index (χ0v) is 18.4. The number of sulfonamides is 1. The Kier molecular flexibility index (Phi) is 6.79. The molecule has 0 saturated carbocycles. The van der Waals surface area contributed by atoms with Crippen molar-refractivity contribution in [2.24, 2.45) is 5.14 Å². The van der Waals surface area contributed by atoms with Gasteiger partial charge in [0.2, 0.25) is 10.0 Å². The Morgan fingerprint density at radius 1 is 1.06 bits per heavy atom. The molecule has 8 nitrogen and oxygen atoms in total. The Balaban J connectivity index is 2.28. The van der Waals surface area contributed by atoms with Gasteiger partial charge >= 0.3 is 12.1 Å². The minimum atomic E-state index is -4.87. The lowest BCUT2D eigenvalue weighted by atomic mass is 9.98. The first-order valence-electron chi connectivity index (χ1n) is 9.57. The Morgan fingerprint density at radius 3 is 2.12 bits per heavy atom. The van der Waals surface area contributed by atoms with E-state index >= 15 is 0 Å². The van der Waals surface area contributed by atoms with Gasteiger partial charge in [-0.1, -0.05) is 24.3 Å². The summed E-state index contributed by atoms with van der Waals surface area (Å²) >= 11 is 0. The van der Waals surface area contributed by atoms with Crippen molar-refractivity contribution in [3.05, 3.63) is 54.2 Å². The average Bonchev–Trinajstić information content (AvgIpc) is 3.13. The van der Waals surface area contributed by atoms with E-state index in [1.165, 1.54) is 62.6 Å². The molecule has 176 valence electrons. The highest BCUT2D eigenvalue weighted by atomic mass is 32.2. The third-order valence-corrected chi connectivity index (χ3v) is 5.57. The second kappa shape index (κ2) is 9.24. The number of nitrogens with zero attached hydrogens (tertiary/aromatic N) is 2. The number of carbonyl (C=O) groups excluding carboxylic acids is 1. The minimum Gasteiger partial charge on any atom is -0.497 e. The van der Waals surface area contributed by atoms with E-state index < -0.39 is 34.4 Å². The highest BCUT2D eigenvalue weighted by Crippen LogP contribution is 2.43. The molecule has 0 unspecified atom stereocenters. The van der Waals surface area contributed by atoms with E-state index in [2.05, 4.69) is 5.10 Å². The summed E-state index contributed by atoms with van der Waals surface area (Å²) in [6.07, 6.45) is -4.87. The van der Waals surface area contributed by atoms with Crippen molar-refractivity contribution in [3.63, 3.8) is 0 Å². The summed E-state index contributed by atoms with van der Waals surface area (Å²) in [5.74, 6) is -0.451. The number of nitrogens with two attached hydrogens (primary N) is 1. The Bertz CT molecular complexity index is 1250. The molecule has 1 heterocycles. The molecule has 0 amide bonds. The van der Waals surface area contributed by atoms with Crippen LogP contribution < -0.4 is 9.88 Å². The van der Waals surface area contributed by atoms with Crippen LogP contribution >= 0.6 is 0 Å². The number of primary sulfonamides is 1. The molecule has 2 aromatic carbocycles. The molecule has 0 aliphatic carbocycles. The lowest BCUT2D eigenvalue weighted by Crippen LogP contribution is -2.21. The minimum absolute atomic E-state index is 0.00529. The molecule has 0 bridgehead atoms. The molecular formula is C21H20F3N3O5S. The van der Waals surface area contributed by atoms with Gasteiger partial charge in [-0.3, -0.25) is 4.79 Å². The molecule has 1 aromatic heterocycles. The molecule has 0 saturated heterocycles. The number of halogens is 3. The summed E-state index contributed by atoms with van der Waals surface area (Å²) in [5.41, 5.74) is -1.16. The first kappa shape index (κ1) is 24.3. The number of aromatic nitrogens is 2. The fourth-order valence-corrected chi connectivity index (χ4v) is 3.74. The topological polar surface area (TPSA) is 114 Å². The molecule has 0 spiro atoms. The molecule has 0 aliphatic heterocycles. The van der Waals surface area contributed by atoms with E-state index in [1.807, 2.05) is 0 Å². The van der Waals surface area contributed by atoms with Crippen LogP contribution in [0.1, 0.15) is 12.6 Å². The van der Waals surface area contributed by atoms with E-state index in [-0.39, 0.29) is 33.9 Å². The Labute approximate surface area is 187 Å². The van der Waals surface area contributed by atoms with Gasteiger partial charge in [0.1, 0.15) is 18.0 Å². The largest absolute Gasteiger partial charge is 0.497 e. The maximum Gasteiger partial charge on any atom is 0.433 e. The number of ether oxygens (including phenoxy) is 2. The van der Waals surface area contributed by atoms with Crippen LogP contribution in [0.5, 0.6) is 5.75 Å². The number of hydrogen-bond donors (Lipinski definition) is 1. The van der Waals surface area contributed by atoms with Gasteiger partial charge in [0.05, 0.1) is 18.6 Å². The molecule has 33 heavy (non-hydrogen) atoms. The third kappa shape index (κ3) is 5.34. The van der Waals surface area contributed by atoms with Crippen molar-refractivity contribution < 1.29 is 35.9 Å². The lowest BCUT2D eigenvalue weighted by Gasteiger charge is -2.13. The second-order valence-electron chi connectivity index (χ2n) is 6.83. The molecule has 0 aliphatic rings. The fraction of sp³-hybridized carbons (Fsp3) is 0.238. The van der Waals surface area contributed by atoms with Gasteiger partial charge in [0.15, 0.2) is 5.69 Å². The summed E-state index contributed by atoms with van der Waals surface area (Å²) < 4.78 is 76.1. The van der Waals surface area contributed by atoms with Crippen molar-refractivity contribution in [1.82, 2.24) is 9.78 Å². The van der Waals surface area contributed by atoms with Crippen molar-refractivity contribution in [2.75, 3.05) is 13.7 Å². The molecule has 0 fully saturated rings. The van der Waals surface area contributed by atoms with Crippen molar-refractivity contribution in [1.29, 1.82) is 0 Å². The van der Waals surface area contributed by atoms with Gasteiger partial charge in [-0.15, -0.1) is 0 Å². The summed E-state index contributed by atoms with van der Waals surface area (Å²) in [6.45, 7) is 0.767. The normalized spacial score (nSPS) is 11.9. The number of benzene rings is 2. The van der Waals surface area contributed by atoms with Gasteiger partial charge in [0.25, 0.3) is 0 Å². The smallest absolute Gasteiger partial charge is 0.433 e. The van der Waals surface area contributed by atoms with Crippen LogP contribution in [0, 0.1) is 0 Å². The van der Waals surface area contributed by atoms with Gasteiger partial charge in [-0.2, -0.15) is 18.3 Å². The van der Waals surface area contributed by atoms with Gasteiger partial charge in [-0.25, -0.2) is 18.2 Å². The van der Waals surface area contributed by atoms with Crippen molar-refractivity contribution in [3.8, 4) is 28.1 Å². The second-order valence-corrected chi connectivity index (χ2v) is 8.39. The van der Waals surface area contributed by atoms with Gasteiger partial charge < -0.3 is 9.47 Å². The van der Waals surface area contributed by atoms with E-state index in [0.29, 0.717) is 10.4 Å². The zero-order valence-electron chi connectivity index (χ0n) is 17.6. The van der Waals surface area contributed by atoms with Crippen LogP contribution in [0.15, 0.2) is 53.4 Å². The van der Waals surface area contributed by atoms with E-state index in [9.17, 15) is 26.4 Å². The molecular weight excluding hydrogens is 463 g/mol. The predicted octanol–water partition coefficient (Wildman–Crippen LogP) is 3.46. The number of methoxy groups -OCH3 is 1. The first-order valence-corrected chi connectivity index (χ1v) is 11.1. The summed E-state index contributed by atoms with van der Waals surface area (Å²) in [5, 5.41) is 9.17. The molecule has 3 rings (SSSR count). The molecule has 12 heteroatoms. The standard InChI is InChI=1S/C21H20F3N3O5S/c1-3-32-17(28)12-27-20(21(22,23)24)18(13-4-8-15(31-2)9-5-13)19(26-27)14-6-10-16(11-7-14)33(25,29)30/h4-11H,3,12H2,1-2H3,(H2,25,29,30). The van der Waals surface area contributed by atoms with Crippen molar-refractivity contribution in [2.45, 2.75) is 24.5 Å². The van der Waals surface area contributed by atoms with Crippen LogP contribution in [-0.2, 0) is 32.3 Å². The third-order valence-electron chi connectivity index (χ3n) is 4.64. The lowest BCUT2D eigenvalue weighted by molar-refractivity contribution is -0.149. The number of hydrogen-bond acceptors (Lipinski definition) is 6. The van der Waals surface area contributed by atoms with Crippen LogP contribution in [-0.4, -0.2) is 37.9 Å². The quantitative estimate of drug-likeness (QED) is 0.515. The highest BCUT2D eigenvalue weighted by Gasteiger charge is 2.41. The van der Waals surface area contributed by atoms with Gasteiger partial charge in [-0.05, 0) is 36.8 Å². The number of esters is 1. The number of alkyl halides is 3.